The Morgan fingerprint density at radius 3 is 2.29 bits per heavy atom. The van der Waals surface area contributed by atoms with Gasteiger partial charge in [0.1, 0.15) is 5.75 Å². The molecule has 5 heteroatoms. The molecule has 1 unspecified atom stereocenters. The number of aliphatic hydroxyl groups excluding tert-OH is 1. The maximum atomic E-state index is 11.9. The van der Waals surface area contributed by atoms with Gasteiger partial charge in [-0.3, -0.25) is 9.00 Å². The van der Waals surface area contributed by atoms with Crippen LogP contribution in [0.2, 0.25) is 0 Å². The van der Waals surface area contributed by atoms with E-state index in [-0.39, 0.29) is 23.7 Å². The first kappa shape index (κ1) is 17.9. The Morgan fingerprint density at radius 2 is 1.76 bits per heavy atom. The highest BCUT2D eigenvalue weighted by Crippen LogP contribution is 2.16. The van der Waals surface area contributed by atoms with Crippen LogP contribution in [0, 0.1) is 5.41 Å². The molecule has 1 atom stereocenters. The van der Waals surface area contributed by atoms with E-state index in [4.69, 9.17) is 5.11 Å². The topological polar surface area (TPSA) is 66.4 Å². The summed E-state index contributed by atoms with van der Waals surface area (Å²) in [7, 11) is -1.21. The lowest BCUT2D eigenvalue weighted by molar-refractivity contribution is -0.118. The fourth-order valence-corrected chi connectivity index (χ4v) is 2.81. The molecule has 4 nitrogen and oxygen atoms in total. The summed E-state index contributed by atoms with van der Waals surface area (Å²) in [5, 5.41) is 11.8. The Hall–Kier alpha value is -1.20. The molecular weight excluding hydrogens is 286 g/mol. The fraction of sp³-hybridized carbons (Fsp3) is 0.562. The standard InChI is InChI=1S/C16H25NO3S/c1-16(2,3)8-9-17-15(19)12-21(20)11-14-6-4-13(10-18)5-7-14/h4-7,18H,8-12H2,1-3H3,(H,17,19). The normalized spacial score (nSPS) is 13.0. The molecule has 1 amide bonds. The zero-order chi connectivity index (χ0) is 15.9. The molecule has 0 saturated heterocycles. The molecule has 1 rings (SSSR count). The number of hydrogen-bond donors (Lipinski definition) is 2. The molecule has 1 aromatic rings. The lowest BCUT2D eigenvalue weighted by atomic mass is 9.92. The van der Waals surface area contributed by atoms with Crippen molar-refractivity contribution >= 4 is 16.7 Å². The molecule has 0 bridgehead atoms. The van der Waals surface area contributed by atoms with Crippen molar-refractivity contribution in [2.75, 3.05) is 12.3 Å². The van der Waals surface area contributed by atoms with Crippen molar-refractivity contribution in [1.82, 2.24) is 5.32 Å². The molecule has 0 spiro atoms. The maximum absolute atomic E-state index is 11.9. The van der Waals surface area contributed by atoms with Crippen LogP contribution < -0.4 is 5.32 Å². The lowest BCUT2D eigenvalue weighted by Gasteiger charge is -2.17. The van der Waals surface area contributed by atoms with Gasteiger partial charge < -0.3 is 10.4 Å². The quantitative estimate of drug-likeness (QED) is 0.809. The predicted molar refractivity (Wildman–Crippen MR) is 86.2 cm³/mol. The molecule has 0 aliphatic heterocycles. The van der Waals surface area contributed by atoms with Crippen LogP contribution in [0.25, 0.3) is 0 Å². The molecule has 0 fully saturated rings. The van der Waals surface area contributed by atoms with Crippen molar-refractivity contribution < 1.29 is 14.1 Å². The minimum absolute atomic E-state index is 0.000444. The van der Waals surface area contributed by atoms with Gasteiger partial charge in [-0.2, -0.15) is 0 Å². The zero-order valence-corrected chi connectivity index (χ0v) is 13.8. The second-order valence-corrected chi connectivity index (χ2v) is 7.82. The molecule has 0 aromatic heterocycles. The first-order valence-electron chi connectivity index (χ1n) is 7.10. The van der Waals surface area contributed by atoms with Crippen LogP contribution in [0.3, 0.4) is 0 Å². The highest BCUT2D eigenvalue weighted by Gasteiger charge is 2.12. The largest absolute Gasteiger partial charge is 0.392 e. The van der Waals surface area contributed by atoms with E-state index in [1.165, 1.54) is 0 Å². The third-order valence-electron chi connectivity index (χ3n) is 3.02. The molecule has 0 saturated carbocycles. The van der Waals surface area contributed by atoms with Gasteiger partial charge in [-0.05, 0) is 23.0 Å². The Kier molecular flexibility index (Phi) is 7.05. The first-order valence-corrected chi connectivity index (χ1v) is 8.59. The van der Waals surface area contributed by atoms with E-state index in [0.29, 0.717) is 12.3 Å². The van der Waals surface area contributed by atoms with E-state index in [2.05, 4.69) is 26.1 Å². The lowest BCUT2D eigenvalue weighted by Crippen LogP contribution is -2.31. The van der Waals surface area contributed by atoms with Crippen LogP contribution in [0.15, 0.2) is 24.3 Å². The third-order valence-corrected chi connectivity index (χ3v) is 4.26. The van der Waals surface area contributed by atoms with Crippen molar-refractivity contribution in [3.63, 3.8) is 0 Å². The van der Waals surface area contributed by atoms with Crippen molar-refractivity contribution in [2.24, 2.45) is 5.41 Å². The highest BCUT2D eigenvalue weighted by atomic mass is 32.2. The second kappa shape index (κ2) is 8.29. The minimum Gasteiger partial charge on any atom is -0.392 e. The van der Waals surface area contributed by atoms with Crippen molar-refractivity contribution in [1.29, 1.82) is 0 Å². The van der Waals surface area contributed by atoms with Crippen molar-refractivity contribution in [3.05, 3.63) is 35.4 Å². The van der Waals surface area contributed by atoms with Gasteiger partial charge in [0.25, 0.3) is 0 Å². The van der Waals surface area contributed by atoms with Gasteiger partial charge >= 0.3 is 0 Å². The van der Waals surface area contributed by atoms with Gasteiger partial charge in [0.2, 0.25) is 5.91 Å². The van der Waals surface area contributed by atoms with E-state index in [1.54, 1.807) is 12.1 Å². The number of rotatable bonds is 7. The number of aliphatic hydroxyl groups is 1. The summed E-state index contributed by atoms with van der Waals surface area (Å²) in [5.74, 6) is 0.231. The molecule has 0 aliphatic carbocycles. The van der Waals surface area contributed by atoms with E-state index in [9.17, 15) is 9.00 Å². The highest BCUT2D eigenvalue weighted by molar-refractivity contribution is 7.84. The van der Waals surface area contributed by atoms with Crippen LogP contribution in [0.5, 0.6) is 0 Å². The minimum atomic E-state index is -1.21. The molecule has 118 valence electrons. The van der Waals surface area contributed by atoms with E-state index in [1.807, 2.05) is 12.1 Å². The second-order valence-electron chi connectivity index (χ2n) is 6.36. The third kappa shape index (κ3) is 7.97. The smallest absolute Gasteiger partial charge is 0.232 e. The Morgan fingerprint density at radius 1 is 1.19 bits per heavy atom. The molecule has 0 heterocycles. The Balaban J connectivity index is 2.33. The average Bonchev–Trinajstić information content (AvgIpc) is 2.37. The summed E-state index contributed by atoms with van der Waals surface area (Å²) in [6.07, 6.45) is 0.897. The molecule has 1 aromatic carbocycles. The van der Waals surface area contributed by atoms with Gasteiger partial charge in [0, 0.05) is 23.1 Å². The summed E-state index contributed by atoms with van der Waals surface area (Å²) >= 11 is 0. The van der Waals surface area contributed by atoms with Crippen LogP contribution in [-0.2, 0) is 28.0 Å². The van der Waals surface area contributed by atoms with E-state index < -0.39 is 10.8 Å². The summed E-state index contributed by atoms with van der Waals surface area (Å²) in [5.41, 5.74) is 1.92. The van der Waals surface area contributed by atoms with Crippen LogP contribution in [0.1, 0.15) is 38.3 Å². The van der Waals surface area contributed by atoms with Gasteiger partial charge in [0.05, 0.1) is 6.61 Å². The van der Waals surface area contributed by atoms with Gasteiger partial charge in [-0.25, -0.2) is 0 Å². The van der Waals surface area contributed by atoms with E-state index in [0.717, 1.165) is 17.5 Å². The fourth-order valence-electron chi connectivity index (χ4n) is 1.75. The first-order chi connectivity index (χ1) is 9.80. The number of benzene rings is 1. The Labute approximate surface area is 129 Å². The number of amides is 1. The monoisotopic (exact) mass is 311 g/mol. The van der Waals surface area contributed by atoms with Crippen LogP contribution in [0.4, 0.5) is 0 Å². The number of carbonyl (C=O) groups is 1. The molecule has 21 heavy (non-hydrogen) atoms. The SMILES string of the molecule is CC(C)(C)CCNC(=O)CS(=O)Cc1ccc(CO)cc1. The number of nitrogens with one attached hydrogen (secondary N) is 1. The van der Waals surface area contributed by atoms with E-state index >= 15 is 0 Å². The summed E-state index contributed by atoms with van der Waals surface area (Å²) in [6.45, 7) is 6.97. The summed E-state index contributed by atoms with van der Waals surface area (Å²) in [6, 6.07) is 7.27. The van der Waals surface area contributed by atoms with Crippen LogP contribution >= 0.6 is 0 Å². The van der Waals surface area contributed by atoms with Crippen molar-refractivity contribution in [2.45, 2.75) is 39.6 Å². The Bertz CT molecular complexity index is 477. The predicted octanol–water partition coefficient (Wildman–Crippen LogP) is 1.98. The molecule has 0 radical (unpaired) electrons. The zero-order valence-electron chi connectivity index (χ0n) is 13.0. The van der Waals surface area contributed by atoms with Crippen molar-refractivity contribution in [3.8, 4) is 0 Å². The molecular formula is C16H25NO3S. The number of carbonyl (C=O) groups excluding carboxylic acids is 1. The van der Waals surface area contributed by atoms with Gasteiger partial charge in [-0.15, -0.1) is 0 Å². The summed E-state index contributed by atoms with van der Waals surface area (Å²) < 4.78 is 11.9. The van der Waals surface area contributed by atoms with Gasteiger partial charge in [0.15, 0.2) is 0 Å². The summed E-state index contributed by atoms with van der Waals surface area (Å²) in [4.78, 5) is 11.7. The maximum Gasteiger partial charge on any atom is 0.232 e. The van der Waals surface area contributed by atoms with Gasteiger partial charge in [-0.1, -0.05) is 45.0 Å². The number of hydrogen-bond acceptors (Lipinski definition) is 3. The molecule has 2 N–H and O–H groups in total. The molecule has 0 aliphatic rings. The van der Waals surface area contributed by atoms with Crippen LogP contribution in [-0.4, -0.2) is 27.5 Å². The average molecular weight is 311 g/mol.